The molecule has 1 heterocycles. The predicted molar refractivity (Wildman–Crippen MR) is 80.7 cm³/mol. The van der Waals surface area contributed by atoms with Gasteiger partial charge < -0.3 is 5.32 Å². The van der Waals surface area contributed by atoms with E-state index in [4.69, 9.17) is 11.6 Å². The van der Waals surface area contributed by atoms with Gasteiger partial charge in [0.15, 0.2) is 0 Å². The number of benzene rings is 1. The van der Waals surface area contributed by atoms with Gasteiger partial charge in [-0.25, -0.2) is 0 Å². The van der Waals surface area contributed by atoms with Crippen molar-refractivity contribution in [3.8, 4) is 0 Å². The highest BCUT2D eigenvalue weighted by Gasteiger charge is 2.07. The average Bonchev–Trinajstić information content (AvgIpc) is 2.34. The molecule has 0 bridgehead atoms. The third-order valence-corrected chi connectivity index (χ3v) is 3.40. The van der Waals surface area contributed by atoms with E-state index in [1.54, 1.807) is 24.4 Å². The molecule has 1 N–H and O–H groups in total. The molecule has 0 saturated heterocycles. The zero-order valence-corrected chi connectivity index (χ0v) is 12.3. The molecule has 0 atom stereocenters. The summed E-state index contributed by atoms with van der Waals surface area (Å²) in [6, 6.07) is 10.9. The molecule has 5 heteroatoms. The smallest absolute Gasteiger partial charge is 0.230 e. The number of pyridine rings is 1. The van der Waals surface area contributed by atoms with Gasteiger partial charge in [-0.3, -0.25) is 9.78 Å². The van der Waals surface area contributed by atoms with E-state index in [0.29, 0.717) is 5.02 Å². The average molecular weight is 373 g/mol. The Morgan fingerprint density at radius 2 is 2.17 bits per heavy atom. The van der Waals surface area contributed by atoms with Crippen LogP contribution in [0.1, 0.15) is 5.69 Å². The van der Waals surface area contributed by atoms with Gasteiger partial charge in [0.25, 0.3) is 0 Å². The lowest BCUT2D eigenvalue weighted by Gasteiger charge is -2.07. The lowest BCUT2D eigenvalue weighted by molar-refractivity contribution is -0.115. The number of halogens is 2. The van der Waals surface area contributed by atoms with E-state index in [-0.39, 0.29) is 12.3 Å². The molecule has 18 heavy (non-hydrogen) atoms. The van der Waals surface area contributed by atoms with Crippen molar-refractivity contribution in [2.24, 2.45) is 0 Å². The second kappa shape index (κ2) is 6.15. The maximum atomic E-state index is 11.8. The first-order chi connectivity index (χ1) is 8.65. The van der Waals surface area contributed by atoms with Crippen LogP contribution in [0, 0.1) is 3.57 Å². The highest BCUT2D eigenvalue weighted by Crippen LogP contribution is 2.22. The first-order valence-electron chi connectivity index (χ1n) is 5.30. The van der Waals surface area contributed by atoms with Crippen molar-refractivity contribution >= 4 is 45.8 Å². The van der Waals surface area contributed by atoms with Crippen LogP contribution in [0.25, 0.3) is 0 Å². The van der Waals surface area contributed by atoms with Crippen molar-refractivity contribution in [2.75, 3.05) is 5.32 Å². The molecule has 1 aromatic heterocycles. The van der Waals surface area contributed by atoms with Crippen molar-refractivity contribution in [1.29, 1.82) is 0 Å². The largest absolute Gasteiger partial charge is 0.325 e. The molecule has 0 unspecified atom stereocenters. The summed E-state index contributed by atoms with van der Waals surface area (Å²) < 4.78 is 0.912. The molecule has 2 rings (SSSR count). The summed E-state index contributed by atoms with van der Waals surface area (Å²) in [6.07, 6.45) is 1.94. The van der Waals surface area contributed by atoms with Gasteiger partial charge in [0, 0.05) is 20.5 Å². The summed E-state index contributed by atoms with van der Waals surface area (Å²) in [5.74, 6) is -0.0889. The quantitative estimate of drug-likeness (QED) is 0.838. The highest BCUT2D eigenvalue weighted by molar-refractivity contribution is 14.1. The van der Waals surface area contributed by atoms with Gasteiger partial charge in [-0.05, 0) is 52.9 Å². The Labute approximate surface area is 124 Å². The number of nitrogens with zero attached hydrogens (tertiary/aromatic N) is 1. The third kappa shape index (κ3) is 3.68. The first-order valence-corrected chi connectivity index (χ1v) is 6.75. The molecule has 0 spiro atoms. The van der Waals surface area contributed by atoms with Gasteiger partial charge in [-0.15, -0.1) is 0 Å². The summed E-state index contributed by atoms with van der Waals surface area (Å²) in [7, 11) is 0. The maximum Gasteiger partial charge on any atom is 0.230 e. The number of hydrogen-bond acceptors (Lipinski definition) is 2. The van der Waals surface area contributed by atoms with Gasteiger partial charge in [0.05, 0.1) is 12.1 Å². The molecule has 0 radical (unpaired) electrons. The zero-order valence-electron chi connectivity index (χ0n) is 9.36. The predicted octanol–water partition coefficient (Wildman–Crippen LogP) is 3.52. The first kappa shape index (κ1) is 13.3. The SMILES string of the molecule is O=C(Cc1ccccn1)Nc1ccc(Cl)cc1I. The molecule has 1 aromatic carbocycles. The van der Waals surface area contributed by atoms with Gasteiger partial charge in [0.1, 0.15) is 0 Å². The number of aromatic nitrogens is 1. The van der Waals surface area contributed by atoms with E-state index in [2.05, 4.69) is 32.9 Å². The molecule has 0 saturated carbocycles. The Morgan fingerprint density at radius 1 is 1.33 bits per heavy atom. The minimum Gasteiger partial charge on any atom is -0.325 e. The highest BCUT2D eigenvalue weighted by atomic mass is 127. The van der Waals surface area contributed by atoms with E-state index >= 15 is 0 Å². The Hall–Kier alpha value is -1.14. The second-order valence-electron chi connectivity index (χ2n) is 3.67. The Kier molecular flexibility index (Phi) is 4.54. The molecule has 92 valence electrons. The van der Waals surface area contributed by atoms with E-state index in [9.17, 15) is 4.79 Å². The van der Waals surface area contributed by atoms with Crippen molar-refractivity contribution in [2.45, 2.75) is 6.42 Å². The van der Waals surface area contributed by atoms with Crippen LogP contribution in [0.5, 0.6) is 0 Å². The molecule has 1 amide bonds. The van der Waals surface area contributed by atoms with Crippen molar-refractivity contribution in [3.05, 3.63) is 56.9 Å². The minimum atomic E-state index is -0.0889. The number of hydrogen-bond donors (Lipinski definition) is 1. The molecule has 0 aliphatic rings. The fourth-order valence-electron chi connectivity index (χ4n) is 1.45. The Morgan fingerprint density at radius 3 is 2.83 bits per heavy atom. The fourth-order valence-corrected chi connectivity index (χ4v) is 2.46. The summed E-state index contributed by atoms with van der Waals surface area (Å²) in [5, 5.41) is 3.50. The minimum absolute atomic E-state index is 0.0889. The van der Waals surface area contributed by atoms with E-state index in [1.807, 2.05) is 18.2 Å². The van der Waals surface area contributed by atoms with Crippen LogP contribution in [0.3, 0.4) is 0 Å². The van der Waals surface area contributed by atoms with Crippen LogP contribution in [-0.2, 0) is 11.2 Å². The number of carbonyl (C=O) groups is 1. The summed E-state index contributed by atoms with van der Waals surface area (Å²) >= 11 is 7.99. The standard InChI is InChI=1S/C13H10ClIN2O/c14-9-4-5-12(11(15)7-9)17-13(18)8-10-3-1-2-6-16-10/h1-7H,8H2,(H,17,18). The van der Waals surface area contributed by atoms with Crippen LogP contribution in [0.2, 0.25) is 5.02 Å². The van der Waals surface area contributed by atoms with Crippen LogP contribution >= 0.6 is 34.2 Å². The molecule has 3 nitrogen and oxygen atoms in total. The van der Waals surface area contributed by atoms with Crippen LogP contribution in [-0.4, -0.2) is 10.9 Å². The van der Waals surface area contributed by atoms with Crippen LogP contribution in [0.15, 0.2) is 42.6 Å². The normalized spacial score (nSPS) is 10.1. The number of carbonyl (C=O) groups excluding carboxylic acids is 1. The van der Waals surface area contributed by atoms with E-state index in [0.717, 1.165) is 15.0 Å². The van der Waals surface area contributed by atoms with Crippen molar-refractivity contribution < 1.29 is 4.79 Å². The van der Waals surface area contributed by atoms with Gasteiger partial charge in [0.2, 0.25) is 5.91 Å². The Balaban J connectivity index is 2.03. The summed E-state index contributed by atoms with van der Waals surface area (Å²) in [4.78, 5) is 15.9. The topological polar surface area (TPSA) is 42.0 Å². The Bertz CT molecular complexity index is 560. The lowest BCUT2D eigenvalue weighted by atomic mass is 10.2. The summed E-state index contributed by atoms with van der Waals surface area (Å²) in [6.45, 7) is 0. The van der Waals surface area contributed by atoms with Gasteiger partial charge in [-0.2, -0.15) is 0 Å². The molecular weight excluding hydrogens is 363 g/mol. The zero-order chi connectivity index (χ0) is 13.0. The van der Waals surface area contributed by atoms with E-state index < -0.39 is 0 Å². The van der Waals surface area contributed by atoms with Gasteiger partial charge >= 0.3 is 0 Å². The second-order valence-corrected chi connectivity index (χ2v) is 5.27. The van der Waals surface area contributed by atoms with Crippen LogP contribution in [0.4, 0.5) is 5.69 Å². The number of nitrogens with one attached hydrogen (secondary N) is 1. The van der Waals surface area contributed by atoms with E-state index in [1.165, 1.54) is 0 Å². The van der Waals surface area contributed by atoms with Crippen LogP contribution < -0.4 is 5.32 Å². The fraction of sp³-hybridized carbons (Fsp3) is 0.0769. The molecule has 2 aromatic rings. The molecular formula is C13H10ClIN2O. The maximum absolute atomic E-state index is 11.8. The van der Waals surface area contributed by atoms with Crippen molar-refractivity contribution in [3.63, 3.8) is 0 Å². The van der Waals surface area contributed by atoms with Crippen molar-refractivity contribution in [1.82, 2.24) is 4.98 Å². The molecule has 0 fully saturated rings. The number of anilines is 1. The third-order valence-electron chi connectivity index (χ3n) is 2.27. The monoisotopic (exact) mass is 372 g/mol. The van der Waals surface area contributed by atoms with Gasteiger partial charge in [-0.1, -0.05) is 17.7 Å². The number of rotatable bonds is 3. The number of amides is 1. The molecule has 0 aliphatic carbocycles. The summed E-state index contributed by atoms with van der Waals surface area (Å²) in [5.41, 5.74) is 1.51. The lowest BCUT2D eigenvalue weighted by Crippen LogP contribution is -2.15. The molecule has 0 aliphatic heterocycles.